The molecule has 3 aliphatic heterocycles. The zero-order chi connectivity index (χ0) is 34.4. The summed E-state index contributed by atoms with van der Waals surface area (Å²) in [5.41, 5.74) is 3.50. The Bertz CT molecular complexity index is 2020. The normalized spacial score (nSPS) is 18.3. The molecule has 0 radical (unpaired) electrons. The number of nitrogens with one attached hydrogen (secondary N) is 2. The second kappa shape index (κ2) is 13.0. The van der Waals surface area contributed by atoms with Crippen molar-refractivity contribution in [3.8, 4) is 22.9 Å². The van der Waals surface area contributed by atoms with Gasteiger partial charge in [0.05, 0.1) is 19.7 Å². The number of carbonyl (C=O) groups is 3. The number of aromatic amines is 1. The zero-order valence-corrected chi connectivity index (χ0v) is 27.5. The van der Waals surface area contributed by atoms with Crippen molar-refractivity contribution in [3.63, 3.8) is 0 Å². The number of nitrogens with zero attached hydrogens (tertiary/aromatic N) is 4. The number of halogens is 1. The summed E-state index contributed by atoms with van der Waals surface area (Å²) in [7, 11) is 5.04. The molecule has 4 aromatic rings. The van der Waals surface area contributed by atoms with E-state index in [9.17, 15) is 19.2 Å². The molecule has 1 aromatic heterocycles. The number of aromatic nitrogens is 2. The maximum Gasteiger partial charge on any atom is 0.262 e. The Kier molecular flexibility index (Phi) is 8.53. The topological polar surface area (TPSA) is 137 Å². The molecule has 2 N–H and O–H groups in total. The van der Waals surface area contributed by atoms with Gasteiger partial charge in [-0.15, -0.1) is 0 Å². The lowest BCUT2D eigenvalue weighted by molar-refractivity contribution is -0.136. The summed E-state index contributed by atoms with van der Waals surface area (Å²) in [5, 5.41) is 2.66. The van der Waals surface area contributed by atoms with Gasteiger partial charge in [0.25, 0.3) is 11.5 Å². The number of ether oxygens (including phenoxy) is 2. The highest BCUT2D eigenvalue weighted by molar-refractivity contribution is 6.05. The van der Waals surface area contributed by atoms with E-state index in [0.29, 0.717) is 45.9 Å². The van der Waals surface area contributed by atoms with Crippen LogP contribution in [-0.2, 0) is 22.7 Å². The molecule has 0 spiro atoms. The van der Waals surface area contributed by atoms with Crippen LogP contribution in [0.2, 0.25) is 0 Å². The average Bonchev–Trinajstić information content (AvgIpc) is 3.41. The van der Waals surface area contributed by atoms with Crippen molar-refractivity contribution in [2.24, 2.45) is 0 Å². The van der Waals surface area contributed by atoms with Crippen LogP contribution < -0.4 is 25.2 Å². The van der Waals surface area contributed by atoms with E-state index >= 15 is 4.39 Å². The van der Waals surface area contributed by atoms with E-state index in [1.165, 1.54) is 18.1 Å². The average molecular weight is 669 g/mol. The Morgan fingerprint density at radius 3 is 2.43 bits per heavy atom. The Morgan fingerprint density at radius 2 is 1.73 bits per heavy atom. The summed E-state index contributed by atoms with van der Waals surface area (Å²) in [6.45, 7) is 2.24. The van der Waals surface area contributed by atoms with E-state index in [4.69, 9.17) is 9.47 Å². The Hall–Kier alpha value is -5.30. The minimum Gasteiger partial charge on any atom is -0.497 e. The molecule has 1 atom stereocenters. The van der Waals surface area contributed by atoms with Gasteiger partial charge in [-0.3, -0.25) is 29.4 Å². The first kappa shape index (κ1) is 32.3. The first-order valence-corrected chi connectivity index (χ1v) is 16.3. The molecule has 49 heavy (non-hydrogen) atoms. The Morgan fingerprint density at radius 1 is 0.980 bits per heavy atom. The molecule has 1 unspecified atom stereocenters. The highest BCUT2D eigenvalue weighted by atomic mass is 19.1. The van der Waals surface area contributed by atoms with Crippen molar-refractivity contribution in [3.05, 3.63) is 81.4 Å². The van der Waals surface area contributed by atoms with E-state index in [1.54, 1.807) is 25.3 Å². The lowest BCUT2D eigenvalue weighted by Gasteiger charge is -2.38. The molecule has 4 heterocycles. The number of imide groups is 1. The maximum absolute atomic E-state index is 15.3. The number of rotatable bonds is 8. The SMILES string of the molecule is COc1cc(OC)c2c(=O)[nH]c(-c3ccc(N4CCC(N(C)Cc5cc6c(cc5F)C(=O)N(C5CCC(=O)NC5=O)C6)CC4)cc3)nc2c1. The van der Waals surface area contributed by atoms with Crippen LogP contribution in [-0.4, -0.2) is 83.9 Å². The van der Waals surface area contributed by atoms with Crippen molar-refractivity contribution in [2.45, 2.75) is 50.9 Å². The van der Waals surface area contributed by atoms with E-state index in [-0.39, 0.29) is 48.4 Å². The fourth-order valence-electron chi connectivity index (χ4n) is 7.18. The van der Waals surface area contributed by atoms with Gasteiger partial charge in [0.1, 0.15) is 34.6 Å². The van der Waals surface area contributed by atoms with Crippen molar-refractivity contribution in [2.75, 3.05) is 39.3 Å². The largest absolute Gasteiger partial charge is 0.497 e. The lowest BCUT2D eigenvalue weighted by atomic mass is 10.0. The van der Waals surface area contributed by atoms with Gasteiger partial charge < -0.3 is 24.3 Å². The van der Waals surface area contributed by atoms with Crippen LogP contribution in [0.1, 0.15) is 47.2 Å². The fraction of sp³-hybridized carbons (Fsp3) is 0.361. The molecule has 2 fully saturated rings. The van der Waals surface area contributed by atoms with Gasteiger partial charge in [-0.25, -0.2) is 9.37 Å². The molecule has 0 saturated carbocycles. The molecule has 254 valence electrons. The van der Waals surface area contributed by atoms with Crippen LogP contribution in [0, 0.1) is 5.82 Å². The fourth-order valence-corrected chi connectivity index (χ4v) is 7.18. The number of carbonyl (C=O) groups excluding carboxylic acids is 3. The van der Waals surface area contributed by atoms with Crippen molar-refractivity contribution in [1.82, 2.24) is 25.1 Å². The number of fused-ring (bicyclic) bond motifs is 2. The van der Waals surface area contributed by atoms with Crippen LogP contribution in [0.25, 0.3) is 22.3 Å². The van der Waals surface area contributed by atoms with Gasteiger partial charge in [-0.2, -0.15) is 0 Å². The summed E-state index contributed by atoms with van der Waals surface area (Å²) < 4.78 is 26.0. The Labute approximate surface area is 281 Å². The molecule has 3 aliphatic rings. The molecule has 0 bridgehead atoms. The third kappa shape index (κ3) is 6.10. The third-order valence-corrected chi connectivity index (χ3v) is 9.91. The van der Waals surface area contributed by atoms with Crippen LogP contribution in [0.4, 0.5) is 10.1 Å². The molecular formula is C36H37FN6O6. The van der Waals surface area contributed by atoms with Crippen molar-refractivity contribution in [1.29, 1.82) is 0 Å². The van der Waals surface area contributed by atoms with Gasteiger partial charge >= 0.3 is 0 Å². The molecule has 0 aliphatic carbocycles. The first-order valence-electron chi connectivity index (χ1n) is 16.3. The van der Waals surface area contributed by atoms with Crippen molar-refractivity contribution >= 4 is 34.3 Å². The second-order valence-electron chi connectivity index (χ2n) is 12.8. The number of hydrogen-bond acceptors (Lipinski definition) is 9. The predicted octanol–water partition coefficient (Wildman–Crippen LogP) is 3.61. The first-order chi connectivity index (χ1) is 23.6. The van der Waals surface area contributed by atoms with Crippen LogP contribution in [0.3, 0.4) is 0 Å². The summed E-state index contributed by atoms with van der Waals surface area (Å²) >= 11 is 0. The molecule has 3 aromatic carbocycles. The van der Waals surface area contributed by atoms with Gasteiger partial charge in [-0.05, 0) is 68.3 Å². The summed E-state index contributed by atoms with van der Waals surface area (Å²) in [6.07, 6.45) is 2.20. The number of piperidine rings is 2. The summed E-state index contributed by atoms with van der Waals surface area (Å²) in [4.78, 5) is 63.4. The third-order valence-electron chi connectivity index (χ3n) is 9.91. The minimum atomic E-state index is -0.734. The Balaban J connectivity index is 0.983. The van der Waals surface area contributed by atoms with E-state index in [0.717, 1.165) is 37.2 Å². The van der Waals surface area contributed by atoms with E-state index < -0.39 is 17.8 Å². The molecular weight excluding hydrogens is 631 g/mol. The number of methoxy groups -OCH3 is 2. The van der Waals surface area contributed by atoms with E-state index in [2.05, 4.69) is 25.1 Å². The summed E-state index contributed by atoms with van der Waals surface area (Å²) in [6, 6.07) is 13.8. The number of benzene rings is 3. The highest BCUT2D eigenvalue weighted by Crippen LogP contribution is 2.32. The van der Waals surface area contributed by atoms with Crippen molar-refractivity contribution < 1.29 is 28.2 Å². The standard InChI is InChI=1S/C36H37FN6O6/c1-41(18-22-14-21-19-43(36(47)26(21)17-27(22)37)29-8-9-31(44)39-34(29)45)23-10-12-42(13-11-23)24-6-4-20(5-7-24)33-38-28-15-25(48-2)16-30(49-3)32(28)35(46)40-33/h4-7,14-17,23,29H,8-13,18-19H2,1-3H3,(H,38,40,46)(H,39,44,45). The maximum atomic E-state index is 15.3. The lowest BCUT2D eigenvalue weighted by Crippen LogP contribution is -2.52. The number of H-pyrrole nitrogens is 1. The van der Waals surface area contributed by atoms with Gasteiger partial charge in [-0.1, -0.05) is 0 Å². The molecule has 12 nitrogen and oxygen atoms in total. The predicted molar refractivity (Wildman–Crippen MR) is 180 cm³/mol. The molecule has 13 heteroatoms. The molecule has 3 amide bonds. The second-order valence-corrected chi connectivity index (χ2v) is 12.8. The monoisotopic (exact) mass is 668 g/mol. The molecule has 2 saturated heterocycles. The number of anilines is 1. The van der Waals surface area contributed by atoms with Gasteiger partial charge in [0, 0.05) is 73.2 Å². The van der Waals surface area contributed by atoms with Crippen LogP contribution in [0.15, 0.2) is 53.3 Å². The van der Waals surface area contributed by atoms with Crippen LogP contribution >= 0.6 is 0 Å². The highest BCUT2D eigenvalue weighted by Gasteiger charge is 2.39. The minimum absolute atomic E-state index is 0.169. The zero-order valence-electron chi connectivity index (χ0n) is 27.5. The van der Waals surface area contributed by atoms with Gasteiger partial charge in [0.2, 0.25) is 11.8 Å². The number of hydrogen-bond donors (Lipinski definition) is 2. The van der Waals surface area contributed by atoms with Gasteiger partial charge in [0.15, 0.2) is 0 Å². The van der Waals surface area contributed by atoms with E-state index in [1.807, 2.05) is 31.3 Å². The summed E-state index contributed by atoms with van der Waals surface area (Å²) in [5.74, 6) is -0.263. The number of amides is 3. The van der Waals surface area contributed by atoms with Crippen LogP contribution in [0.5, 0.6) is 11.5 Å². The smallest absolute Gasteiger partial charge is 0.262 e. The molecule has 7 rings (SSSR count). The quantitative estimate of drug-likeness (QED) is 0.270.